The third-order valence-electron chi connectivity index (χ3n) is 0.908. The zero-order valence-electron chi connectivity index (χ0n) is 11.5. The molecule has 0 bridgehead atoms. The van der Waals surface area contributed by atoms with Crippen LogP contribution in [0.4, 0.5) is 0 Å². The summed E-state index contributed by atoms with van der Waals surface area (Å²) in [4.78, 5) is 20.0. The molecule has 0 unspecified atom stereocenters. The first-order valence-electron chi connectivity index (χ1n) is 4.92. The van der Waals surface area contributed by atoms with Crippen molar-refractivity contribution in [1.82, 2.24) is 0 Å². The molecule has 6 nitrogen and oxygen atoms in total. The molecule has 0 fully saturated rings. The molecular formula is C12H20N2O4Sn. The summed E-state index contributed by atoms with van der Waals surface area (Å²) < 4.78 is 0. The Morgan fingerprint density at radius 3 is 1.00 bits per heavy atom. The zero-order valence-corrected chi connectivity index (χ0v) is 14.4. The van der Waals surface area contributed by atoms with Crippen LogP contribution in [0.5, 0.6) is 0 Å². The maximum atomic E-state index is 10.0. The molecule has 0 aromatic carbocycles. The van der Waals surface area contributed by atoms with Gasteiger partial charge in [-0.2, -0.15) is 0 Å². The second-order valence-corrected chi connectivity index (χ2v) is 3.13. The molecule has 4 radical (unpaired) electrons. The molecule has 0 heterocycles. The number of aliphatic hydroxyl groups excluding tert-OH is 2. The summed E-state index contributed by atoms with van der Waals surface area (Å²) >= 11 is 0. The second-order valence-electron chi connectivity index (χ2n) is 3.13. The molecule has 4 N–H and O–H groups in total. The van der Waals surface area contributed by atoms with E-state index in [0.29, 0.717) is 0 Å². The molecule has 7 heteroatoms. The molecule has 0 aliphatic carbocycles. The molecule has 19 heavy (non-hydrogen) atoms. The molecule has 0 atom stereocenters. The van der Waals surface area contributed by atoms with Crippen LogP contribution in [0, 0.1) is 10.8 Å². The van der Waals surface area contributed by atoms with E-state index in [1.165, 1.54) is 39.8 Å². The summed E-state index contributed by atoms with van der Waals surface area (Å²) in [6.07, 6.45) is 4.17. The van der Waals surface area contributed by atoms with Crippen LogP contribution in [0.2, 0.25) is 0 Å². The van der Waals surface area contributed by atoms with Gasteiger partial charge in [0.25, 0.3) is 0 Å². The van der Waals surface area contributed by atoms with Gasteiger partial charge in [-0.15, -0.1) is 0 Å². The predicted molar refractivity (Wildman–Crippen MR) is 77.5 cm³/mol. The van der Waals surface area contributed by atoms with Gasteiger partial charge < -0.3 is 21.0 Å². The van der Waals surface area contributed by atoms with Crippen LogP contribution in [0.15, 0.2) is 23.7 Å². The van der Waals surface area contributed by atoms with E-state index in [9.17, 15) is 9.59 Å². The molecule has 106 valence electrons. The van der Waals surface area contributed by atoms with Crippen molar-refractivity contribution in [2.24, 2.45) is 0 Å². The van der Waals surface area contributed by atoms with Gasteiger partial charge in [0.2, 0.25) is 0 Å². The van der Waals surface area contributed by atoms with Gasteiger partial charge in [-0.1, -0.05) is 0 Å². The average Bonchev–Trinajstić information content (AvgIpc) is 2.14. The van der Waals surface area contributed by atoms with Crippen LogP contribution in [0.1, 0.15) is 27.7 Å². The van der Waals surface area contributed by atoms with Crippen LogP contribution in [0.3, 0.4) is 0 Å². The first-order chi connectivity index (χ1) is 8.17. The van der Waals surface area contributed by atoms with Crippen molar-refractivity contribution >= 4 is 47.9 Å². The van der Waals surface area contributed by atoms with Crippen LogP contribution in [-0.2, 0) is 9.59 Å². The van der Waals surface area contributed by atoms with E-state index in [0.717, 1.165) is 12.4 Å². The summed E-state index contributed by atoms with van der Waals surface area (Å²) in [6, 6.07) is 0. The number of allylic oxidation sites excluding steroid dienone is 4. The van der Waals surface area contributed by atoms with Gasteiger partial charge in [-0.3, -0.25) is 9.59 Å². The number of rotatable bonds is 3. The van der Waals surface area contributed by atoms with Crippen molar-refractivity contribution in [3.8, 4) is 0 Å². The maximum Gasteiger partial charge on any atom is 0.155 e. The molecule has 0 saturated heterocycles. The van der Waals surface area contributed by atoms with E-state index >= 15 is 0 Å². The van der Waals surface area contributed by atoms with Crippen molar-refractivity contribution in [2.45, 2.75) is 27.7 Å². The Morgan fingerprint density at radius 1 is 0.789 bits per heavy atom. The molecular weight excluding hydrogens is 355 g/mol. The molecule has 0 spiro atoms. The molecule has 0 rings (SSSR count). The minimum atomic E-state index is -0.125. The summed E-state index contributed by atoms with van der Waals surface area (Å²) in [5, 5.41) is 28.9. The molecule has 0 aromatic heterocycles. The Hall–Kier alpha value is -1.44. The Balaban J connectivity index is -0.0000000900. The van der Waals surface area contributed by atoms with Gasteiger partial charge in [0, 0.05) is 48.5 Å². The fraction of sp³-hybridized carbons (Fsp3) is 0.333. The van der Waals surface area contributed by atoms with Crippen LogP contribution in [0.25, 0.3) is 0 Å². The first-order valence-corrected chi connectivity index (χ1v) is 4.92. The topological polar surface area (TPSA) is 122 Å². The van der Waals surface area contributed by atoms with Gasteiger partial charge in [0.1, 0.15) is 0 Å². The van der Waals surface area contributed by atoms with Gasteiger partial charge >= 0.3 is 0 Å². The van der Waals surface area contributed by atoms with E-state index < -0.39 is 0 Å². The van der Waals surface area contributed by atoms with Crippen LogP contribution >= 0.6 is 0 Å². The standard InChI is InChI=1S/2C5H8O2.C2H4N2.Sn/c2*1-4(6)3-5(2)7;3-1-2-4;/h2*3,6H,1-2H3;1-4H;/b4-3+;4-3-;;. The SMILES string of the molecule is CC(=O)/C=C(/C)O.CC(=O)/C=C(\C)O.N=CC=N.[Sn]. The normalized spacial score (nSPS) is 9.47. The Kier molecular flexibility index (Phi) is 26.1. The van der Waals surface area contributed by atoms with Crippen molar-refractivity contribution in [3.05, 3.63) is 23.7 Å². The third-order valence-corrected chi connectivity index (χ3v) is 0.908. The van der Waals surface area contributed by atoms with E-state index in [1.54, 1.807) is 0 Å². The predicted octanol–water partition coefficient (Wildman–Crippen LogP) is 1.98. The van der Waals surface area contributed by atoms with Gasteiger partial charge in [-0.05, 0) is 27.7 Å². The minimum absolute atomic E-state index is 0. The average molecular weight is 375 g/mol. The number of hydrogen-bond donors (Lipinski definition) is 4. The molecule has 0 aliphatic rings. The molecule has 0 saturated carbocycles. The molecule has 0 aliphatic heterocycles. The zero-order chi connectivity index (χ0) is 15.1. The maximum absolute atomic E-state index is 10.0. The number of hydrogen-bond acceptors (Lipinski definition) is 6. The summed E-state index contributed by atoms with van der Waals surface area (Å²) in [5.41, 5.74) is 0. The number of nitrogens with one attached hydrogen (secondary N) is 2. The fourth-order valence-electron chi connectivity index (χ4n) is 0.588. The van der Waals surface area contributed by atoms with E-state index in [4.69, 9.17) is 21.0 Å². The van der Waals surface area contributed by atoms with Gasteiger partial charge in [0.15, 0.2) is 11.6 Å². The summed E-state index contributed by atoms with van der Waals surface area (Å²) in [5.74, 6) is -0.125. The van der Waals surface area contributed by atoms with Gasteiger partial charge in [0.05, 0.1) is 11.5 Å². The minimum Gasteiger partial charge on any atom is -0.512 e. The van der Waals surface area contributed by atoms with E-state index in [1.807, 2.05) is 0 Å². The first kappa shape index (κ1) is 26.2. The van der Waals surface area contributed by atoms with Crippen molar-refractivity contribution in [1.29, 1.82) is 10.8 Å². The smallest absolute Gasteiger partial charge is 0.155 e. The largest absolute Gasteiger partial charge is 0.512 e. The monoisotopic (exact) mass is 376 g/mol. The second kappa shape index (κ2) is 18.9. The number of carbonyl (C=O) groups is 2. The van der Waals surface area contributed by atoms with Crippen molar-refractivity contribution in [3.63, 3.8) is 0 Å². The summed E-state index contributed by atoms with van der Waals surface area (Å²) in [6.45, 7) is 5.70. The Labute approximate surface area is 130 Å². The van der Waals surface area contributed by atoms with Crippen molar-refractivity contribution in [2.75, 3.05) is 0 Å². The van der Waals surface area contributed by atoms with Gasteiger partial charge in [-0.25, -0.2) is 0 Å². The van der Waals surface area contributed by atoms with Crippen molar-refractivity contribution < 1.29 is 19.8 Å². The number of ketones is 2. The fourth-order valence-corrected chi connectivity index (χ4v) is 0.588. The molecule has 0 aromatic rings. The molecule has 0 amide bonds. The van der Waals surface area contributed by atoms with E-state index in [2.05, 4.69) is 0 Å². The van der Waals surface area contributed by atoms with Crippen LogP contribution < -0.4 is 0 Å². The third kappa shape index (κ3) is 61.4. The summed E-state index contributed by atoms with van der Waals surface area (Å²) in [7, 11) is 0. The van der Waals surface area contributed by atoms with Crippen LogP contribution in [-0.4, -0.2) is 58.1 Å². The Bertz CT molecular complexity index is 308. The van der Waals surface area contributed by atoms with E-state index in [-0.39, 0.29) is 47.0 Å². The Morgan fingerprint density at radius 2 is 1.00 bits per heavy atom. The number of carbonyl (C=O) groups excluding carboxylic acids is 2. The quantitative estimate of drug-likeness (QED) is 0.261. The number of aliphatic hydroxyl groups is 2.